The van der Waals surface area contributed by atoms with Crippen molar-refractivity contribution in [1.82, 2.24) is 5.32 Å². The van der Waals surface area contributed by atoms with Gasteiger partial charge in [-0.2, -0.15) is 0 Å². The van der Waals surface area contributed by atoms with Crippen LogP contribution in [0.1, 0.15) is 59.8 Å². The zero-order chi connectivity index (χ0) is 16.8. The van der Waals surface area contributed by atoms with Gasteiger partial charge in [-0.05, 0) is 39.5 Å². The number of Topliss-reactive ketones (excluding diaryl/α,β-unsaturated/α-hetero) is 1. The maximum Gasteiger partial charge on any atom is 0.407 e. The first-order chi connectivity index (χ1) is 10.3. The number of amides is 1. The molecule has 1 aliphatic rings. The molecule has 3 unspecified atom stereocenters. The molecule has 1 amide bonds. The van der Waals surface area contributed by atoms with Gasteiger partial charge in [0.25, 0.3) is 0 Å². The summed E-state index contributed by atoms with van der Waals surface area (Å²) in [4.78, 5) is 24.3. The molecule has 22 heavy (non-hydrogen) atoms. The third-order valence-corrected chi connectivity index (χ3v) is 4.03. The summed E-state index contributed by atoms with van der Waals surface area (Å²) in [5.41, 5.74) is -0.553. The van der Waals surface area contributed by atoms with E-state index in [1.54, 1.807) is 7.11 Å². The van der Waals surface area contributed by atoms with Gasteiger partial charge < -0.3 is 14.8 Å². The molecule has 1 N–H and O–H groups in total. The Hall–Kier alpha value is -1.10. The number of methoxy groups -OCH3 is 1. The van der Waals surface area contributed by atoms with Gasteiger partial charge in [-0.15, -0.1) is 0 Å². The monoisotopic (exact) mass is 313 g/mol. The fourth-order valence-electron chi connectivity index (χ4n) is 3.10. The lowest BCUT2D eigenvalue weighted by Gasteiger charge is -2.34. The van der Waals surface area contributed by atoms with Gasteiger partial charge in [0.15, 0.2) is 0 Å². The molecule has 1 rings (SSSR count). The zero-order valence-corrected chi connectivity index (χ0v) is 14.6. The smallest absolute Gasteiger partial charge is 0.407 e. The topological polar surface area (TPSA) is 64.6 Å². The number of ether oxygens (including phenoxy) is 2. The Kier molecular flexibility index (Phi) is 7.33. The predicted molar refractivity (Wildman–Crippen MR) is 85.8 cm³/mol. The van der Waals surface area contributed by atoms with Crippen LogP contribution in [0.2, 0.25) is 0 Å². The third kappa shape index (κ3) is 6.34. The van der Waals surface area contributed by atoms with Crippen LogP contribution in [0, 0.1) is 11.8 Å². The van der Waals surface area contributed by atoms with Crippen molar-refractivity contribution in [3.63, 3.8) is 0 Å². The number of hydrogen-bond acceptors (Lipinski definition) is 4. The molecule has 0 aromatic heterocycles. The fourth-order valence-corrected chi connectivity index (χ4v) is 3.10. The Morgan fingerprint density at radius 1 is 1.41 bits per heavy atom. The summed E-state index contributed by atoms with van der Waals surface area (Å²) in [7, 11) is 1.58. The molecule has 5 nitrogen and oxygen atoms in total. The average Bonchev–Trinajstić information content (AvgIpc) is 2.38. The minimum atomic E-state index is -0.553. The normalized spacial score (nSPS) is 24.0. The Morgan fingerprint density at radius 2 is 2.09 bits per heavy atom. The molecular formula is C17H31NO4. The summed E-state index contributed by atoms with van der Waals surface area (Å²) in [6.45, 7) is 7.95. The molecule has 0 bridgehead atoms. The lowest BCUT2D eigenvalue weighted by Crippen LogP contribution is -2.49. The number of hydrogen-bond donors (Lipinski definition) is 1. The van der Waals surface area contributed by atoms with E-state index in [0.717, 1.165) is 25.7 Å². The van der Waals surface area contributed by atoms with Gasteiger partial charge in [-0.3, -0.25) is 4.79 Å². The second kappa shape index (κ2) is 8.51. The van der Waals surface area contributed by atoms with E-state index in [-0.39, 0.29) is 17.7 Å². The van der Waals surface area contributed by atoms with E-state index in [0.29, 0.717) is 18.9 Å². The molecule has 0 aliphatic heterocycles. The summed E-state index contributed by atoms with van der Waals surface area (Å²) in [5, 5.41) is 2.83. The molecular weight excluding hydrogens is 282 g/mol. The molecule has 1 saturated carbocycles. The highest BCUT2D eigenvalue weighted by atomic mass is 16.6. The van der Waals surface area contributed by atoms with Gasteiger partial charge in [-0.1, -0.05) is 19.8 Å². The van der Waals surface area contributed by atoms with Crippen LogP contribution >= 0.6 is 0 Å². The van der Waals surface area contributed by atoms with Gasteiger partial charge in [0.1, 0.15) is 11.4 Å². The Bertz CT molecular complexity index is 375. The van der Waals surface area contributed by atoms with Gasteiger partial charge in [0, 0.05) is 19.4 Å². The van der Waals surface area contributed by atoms with Crippen molar-refractivity contribution in [3.8, 4) is 0 Å². The number of rotatable bonds is 6. The highest BCUT2D eigenvalue weighted by molar-refractivity contribution is 5.83. The number of carbonyl (C=O) groups is 2. The highest BCUT2D eigenvalue weighted by Gasteiger charge is 2.35. The quantitative estimate of drug-likeness (QED) is 0.817. The van der Waals surface area contributed by atoms with Crippen LogP contribution in [0.4, 0.5) is 4.79 Å². The number of ketones is 1. The van der Waals surface area contributed by atoms with Crippen LogP contribution in [-0.2, 0) is 14.3 Å². The lowest BCUT2D eigenvalue weighted by molar-refractivity contribution is -0.127. The molecule has 0 saturated heterocycles. The SMILES string of the molecule is CCCC1CCC(=O)C(C(COC)NC(=O)OC(C)(C)C)C1. The van der Waals surface area contributed by atoms with Crippen molar-refractivity contribution in [1.29, 1.82) is 0 Å². The van der Waals surface area contributed by atoms with E-state index >= 15 is 0 Å². The first-order valence-electron chi connectivity index (χ1n) is 8.28. The zero-order valence-electron chi connectivity index (χ0n) is 14.6. The third-order valence-electron chi connectivity index (χ3n) is 4.03. The molecule has 0 aromatic carbocycles. The standard InChI is InChI=1S/C17H31NO4/c1-6-7-12-8-9-15(19)13(10-12)14(11-21-5)18-16(20)22-17(2,3)4/h12-14H,6-11H2,1-5H3,(H,18,20). The predicted octanol–water partition coefficient (Wildman–Crippen LogP) is 3.31. The maximum atomic E-state index is 12.3. The molecule has 1 fully saturated rings. The van der Waals surface area contributed by atoms with E-state index in [9.17, 15) is 9.59 Å². The second-order valence-electron chi connectivity index (χ2n) is 7.21. The average molecular weight is 313 g/mol. The largest absolute Gasteiger partial charge is 0.444 e. The van der Waals surface area contributed by atoms with Crippen molar-refractivity contribution in [2.24, 2.45) is 11.8 Å². The number of alkyl carbamates (subject to hydrolysis) is 1. The van der Waals surface area contributed by atoms with Crippen LogP contribution in [0.5, 0.6) is 0 Å². The van der Waals surface area contributed by atoms with Gasteiger partial charge >= 0.3 is 6.09 Å². The van der Waals surface area contributed by atoms with E-state index in [1.807, 2.05) is 20.8 Å². The van der Waals surface area contributed by atoms with Crippen LogP contribution in [0.25, 0.3) is 0 Å². The van der Waals surface area contributed by atoms with Gasteiger partial charge in [0.2, 0.25) is 0 Å². The molecule has 1 aliphatic carbocycles. The highest BCUT2D eigenvalue weighted by Crippen LogP contribution is 2.31. The summed E-state index contributed by atoms with van der Waals surface area (Å²) in [6, 6.07) is -0.313. The van der Waals surface area contributed by atoms with Gasteiger partial charge in [-0.25, -0.2) is 4.79 Å². The van der Waals surface area contributed by atoms with E-state index in [1.165, 1.54) is 0 Å². The summed E-state index contributed by atoms with van der Waals surface area (Å²) in [5.74, 6) is 0.621. The van der Waals surface area contributed by atoms with Crippen molar-refractivity contribution < 1.29 is 19.1 Å². The Balaban J connectivity index is 2.71. The number of carbonyl (C=O) groups excluding carboxylic acids is 2. The van der Waals surface area contributed by atoms with E-state index in [4.69, 9.17) is 9.47 Å². The molecule has 0 spiro atoms. The van der Waals surface area contributed by atoms with Crippen molar-refractivity contribution in [2.45, 2.75) is 71.4 Å². The van der Waals surface area contributed by atoms with Crippen LogP contribution in [0.3, 0.4) is 0 Å². The van der Waals surface area contributed by atoms with Crippen LogP contribution in [0.15, 0.2) is 0 Å². The first-order valence-corrected chi connectivity index (χ1v) is 8.28. The molecule has 0 heterocycles. The van der Waals surface area contributed by atoms with Crippen molar-refractivity contribution in [2.75, 3.05) is 13.7 Å². The molecule has 3 atom stereocenters. The molecule has 0 radical (unpaired) electrons. The summed E-state index contributed by atoms with van der Waals surface area (Å²) >= 11 is 0. The lowest BCUT2D eigenvalue weighted by atomic mass is 9.75. The van der Waals surface area contributed by atoms with E-state index < -0.39 is 11.7 Å². The summed E-state index contributed by atoms with van der Waals surface area (Å²) in [6.07, 6.45) is 4.17. The first kappa shape index (κ1) is 18.9. The minimum absolute atomic E-state index is 0.169. The Morgan fingerprint density at radius 3 is 2.64 bits per heavy atom. The van der Waals surface area contributed by atoms with Gasteiger partial charge in [0.05, 0.1) is 12.6 Å². The fraction of sp³-hybridized carbons (Fsp3) is 0.882. The maximum absolute atomic E-state index is 12.3. The second-order valence-corrected chi connectivity index (χ2v) is 7.21. The van der Waals surface area contributed by atoms with Crippen molar-refractivity contribution in [3.05, 3.63) is 0 Å². The van der Waals surface area contributed by atoms with Crippen LogP contribution in [-0.4, -0.2) is 37.2 Å². The number of nitrogens with one attached hydrogen (secondary N) is 1. The minimum Gasteiger partial charge on any atom is -0.444 e. The van der Waals surface area contributed by atoms with Crippen LogP contribution < -0.4 is 5.32 Å². The Labute approximate surface area is 134 Å². The van der Waals surface area contributed by atoms with Crippen molar-refractivity contribution >= 4 is 11.9 Å². The molecule has 0 aromatic rings. The summed E-state index contributed by atoms with van der Waals surface area (Å²) < 4.78 is 10.5. The molecule has 128 valence electrons. The molecule has 5 heteroatoms. The van der Waals surface area contributed by atoms with E-state index in [2.05, 4.69) is 12.2 Å².